The maximum atomic E-state index is 13.6. The first-order chi connectivity index (χ1) is 10.0. The van der Waals surface area contributed by atoms with Crippen molar-refractivity contribution >= 4 is 12.6 Å². The van der Waals surface area contributed by atoms with Gasteiger partial charge in [0.1, 0.15) is 23.9 Å². The summed E-state index contributed by atoms with van der Waals surface area (Å²) in [6, 6.07) is 9.60. The normalized spacial score (nSPS) is 10.3. The van der Waals surface area contributed by atoms with Gasteiger partial charge in [0.2, 0.25) is 0 Å². The highest BCUT2D eigenvalue weighted by molar-refractivity contribution is 6.58. The van der Waals surface area contributed by atoms with Crippen LogP contribution in [0.1, 0.15) is 11.1 Å². The highest BCUT2D eigenvalue weighted by Crippen LogP contribution is 2.22. The van der Waals surface area contributed by atoms with Gasteiger partial charge in [-0.2, -0.15) is 0 Å². The van der Waals surface area contributed by atoms with Gasteiger partial charge in [-0.1, -0.05) is 17.7 Å². The lowest BCUT2D eigenvalue weighted by atomic mass is 9.80. The molecule has 2 aromatic rings. The number of hydrogen-bond donors (Lipinski definition) is 2. The Kier molecular flexibility index (Phi) is 4.83. The summed E-state index contributed by atoms with van der Waals surface area (Å²) in [6.07, 6.45) is 0. The predicted molar refractivity (Wildman–Crippen MR) is 78.3 cm³/mol. The van der Waals surface area contributed by atoms with E-state index in [-0.39, 0.29) is 12.1 Å². The van der Waals surface area contributed by atoms with Crippen molar-refractivity contribution in [2.75, 3.05) is 7.11 Å². The van der Waals surface area contributed by atoms with Crippen LogP contribution in [0.15, 0.2) is 36.4 Å². The molecule has 0 atom stereocenters. The smallest absolute Gasteiger partial charge is 0.491 e. The molecule has 6 heteroatoms. The van der Waals surface area contributed by atoms with Gasteiger partial charge in [0.05, 0.1) is 7.11 Å². The van der Waals surface area contributed by atoms with Gasteiger partial charge in [-0.15, -0.1) is 0 Å². The Bertz CT molecular complexity index is 631. The first-order valence-electron chi connectivity index (χ1n) is 6.43. The highest BCUT2D eigenvalue weighted by atomic mass is 19.1. The van der Waals surface area contributed by atoms with Crippen LogP contribution in [0, 0.1) is 12.7 Å². The lowest BCUT2D eigenvalue weighted by molar-refractivity contribution is 0.295. The molecule has 0 amide bonds. The molecule has 0 aliphatic carbocycles. The monoisotopic (exact) mass is 290 g/mol. The second kappa shape index (κ2) is 6.60. The molecule has 0 unspecified atom stereocenters. The van der Waals surface area contributed by atoms with E-state index in [9.17, 15) is 4.39 Å². The van der Waals surface area contributed by atoms with E-state index in [0.717, 1.165) is 17.2 Å². The van der Waals surface area contributed by atoms with Crippen molar-refractivity contribution in [2.45, 2.75) is 13.5 Å². The Morgan fingerprint density at radius 3 is 2.52 bits per heavy atom. The topological polar surface area (TPSA) is 58.9 Å². The second-order valence-electron chi connectivity index (χ2n) is 4.66. The Morgan fingerprint density at radius 1 is 1.14 bits per heavy atom. The van der Waals surface area contributed by atoms with Gasteiger partial charge < -0.3 is 19.5 Å². The second-order valence-corrected chi connectivity index (χ2v) is 4.66. The average molecular weight is 290 g/mol. The van der Waals surface area contributed by atoms with Crippen LogP contribution in [0.4, 0.5) is 4.39 Å². The number of halogens is 1. The fourth-order valence-electron chi connectivity index (χ4n) is 1.99. The molecule has 2 N–H and O–H groups in total. The fraction of sp³-hybridized carbons (Fsp3) is 0.200. The minimum atomic E-state index is -1.84. The zero-order valence-electron chi connectivity index (χ0n) is 11.8. The van der Waals surface area contributed by atoms with Crippen molar-refractivity contribution < 1.29 is 23.9 Å². The van der Waals surface area contributed by atoms with E-state index in [1.165, 1.54) is 12.1 Å². The number of aryl methyl sites for hydroxylation is 1. The van der Waals surface area contributed by atoms with E-state index in [1.807, 2.05) is 25.1 Å². The Balaban J connectivity index is 2.13. The summed E-state index contributed by atoms with van der Waals surface area (Å²) in [6.45, 7) is 2.19. The minimum Gasteiger partial charge on any atom is -0.496 e. The van der Waals surface area contributed by atoms with E-state index in [1.54, 1.807) is 7.11 Å². The summed E-state index contributed by atoms with van der Waals surface area (Å²) < 4.78 is 24.4. The van der Waals surface area contributed by atoms with Gasteiger partial charge >= 0.3 is 7.12 Å². The maximum absolute atomic E-state index is 13.6. The van der Waals surface area contributed by atoms with E-state index in [0.29, 0.717) is 11.5 Å². The lowest BCUT2D eigenvalue weighted by Gasteiger charge is -2.12. The van der Waals surface area contributed by atoms with E-state index < -0.39 is 12.9 Å². The van der Waals surface area contributed by atoms with E-state index in [2.05, 4.69) is 0 Å². The quantitative estimate of drug-likeness (QED) is 0.817. The van der Waals surface area contributed by atoms with Crippen molar-refractivity contribution in [3.05, 3.63) is 53.3 Å². The molecule has 0 bridgehead atoms. The van der Waals surface area contributed by atoms with Crippen molar-refractivity contribution in [1.82, 2.24) is 0 Å². The van der Waals surface area contributed by atoms with Crippen LogP contribution >= 0.6 is 0 Å². The molecule has 0 spiro atoms. The molecule has 0 heterocycles. The Hall–Kier alpha value is -2.05. The van der Waals surface area contributed by atoms with Crippen LogP contribution in [0.2, 0.25) is 0 Å². The number of benzene rings is 2. The molecule has 0 saturated carbocycles. The number of rotatable bonds is 5. The van der Waals surface area contributed by atoms with Crippen LogP contribution < -0.4 is 14.9 Å². The fourth-order valence-corrected chi connectivity index (χ4v) is 1.99. The van der Waals surface area contributed by atoms with Gasteiger partial charge in [-0.05, 0) is 25.1 Å². The SMILES string of the molecule is COc1ccc(C)cc1COc1ccc(B(O)O)c(F)c1. The molecular weight excluding hydrogens is 274 g/mol. The molecule has 2 rings (SSSR count). The van der Waals surface area contributed by atoms with Crippen molar-refractivity contribution in [1.29, 1.82) is 0 Å². The van der Waals surface area contributed by atoms with Crippen molar-refractivity contribution in [3.8, 4) is 11.5 Å². The zero-order chi connectivity index (χ0) is 15.4. The van der Waals surface area contributed by atoms with Gasteiger partial charge in [0.25, 0.3) is 0 Å². The van der Waals surface area contributed by atoms with Crippen molar-refractivity contribution in [3.63, 3.8) is 0 Å². The summed E-state index contributed by atoms with van der Waals surface area (Å²) in [5.41, 5.74) is 1.74. The third-order valence-corrected chi connectivity index (χ3v) is 3.08. The lowest BCUT2D eigenvalue weighted by Crippen LogP contribution is -2.32. The van der Waals surface area contributed by atoms with Crippen molar-refractivity contribution in [2.24, 2.45) is 0 Å². The zero-order valence-corrected chi connectivity index (χ0v) is 11.8. The molecule has 0 aliphatic heterocycles. The summed E-state index contributed by atoms with van der Waals surface area (Å²) in [5, 5.41) is 17.9. The minimum absolute atomic E-state index is 0.185. The third-order valence-electron chi connectivity index (χ3n) is 3.08. The van der Waals surface area contributed by atoms with Gasteiger partial charge in [0.15, 0.2) is 0 Å². The van der Waals surface area contributed by atoms with E-state index >= 15 is 0 Å². The Morgan fingerprint density at radius 2 is 1.90 bits per heavy atom. The summed E-state index contributed by atoms with van der Waals surface area (Å²) in [5.74, 6) is 0.280. The van der Waals surface area contributed by atoms with Crippen LogP contribution in [0.3, 0.4) is 0 Å². The van der Waals surface area contributed by atoms with Crippen LogP contribution in [0.25, 0.3) is 0 Å². The number of hydrogen-bond acceptors (Lipinski definition) is 4. The average Bonchev–Trinajstić information content (AvgIpc) is 2.45. The predicted octanol–water partition coefficient (Wildman–Crippen LogP) is 1.40. The van der Waals surface area contributed by atoms with Gasteiger partial charge in [0, 0.05) is 17.1 Å². The molecule has 21 heavy (non-hydrogen) atoms. The third kappa shape index (κ3) is 3.74. The molecule has 0 fully saturated rings. The van der Waals surface area contributed by atoms with Gasteiger partial charge in [-0.3, -0.25) is 0 Å². The first-order valence-corrected chi connectivity index (χ1v) is 6.43. The molecule has 0 aliphatic rings. The maximum Gasteiger partial charge on any atom is 0.491 e. The molecule has 0 aromatic heterocycles. The standard InChI is InChI=1S/C15H16BFO4/c1-10-3-6-15(20-2)11(7-10)9-21-12-4-5-13(16(18)19)14(17)8-12/h3-8,18-19H,9H2,1-2H3. The number of ether oxygens (including phenoxy) is 2. The Labute approximate surface area is 122 Å². The molecule has 2 aromatic carbocycles. The summed E-state index contributed by atoms with van der Waals surface area (Å²) >= 11 is 0. The summed E-state index contributed by atoms with van der Waals surface area (Å²) in [4.78, 5) is 0. The van der Waals surface area contributed by atoms with Gasteiger partial charge in [-0.25, -0.2) is 4.39 Å². The molecule has 0 radical (unpaired) electrons. The van der Waals surface area contributed by atoms with Crippen LogP contribution in [-0.4, -0.2) is 24.3 Å². The van der Waals surface area contributed by atoms with Crippen LogP contribution in [-0.2, 0) is 6.61 Å². The molecule has 110 valence electrons. The van der Waals surface area contributed by atoms with E-state index in [4.69, 9.17) is 19.5 Å². The van der Waals surface area contributed by atoms with Crippen LogP contribution in [0.5, 0.6) is 11.5 Å². The summed E-state index contributed by atoms with van der Waals surface area (Å²) in [7, 11) is -0.262. The highest BCUT2D eigenvalue weighted by Gasteiger charge is 2.16. The number of methoxy groups -OCH3 is 1. The largest absolute Gasteiger partial charge is 0.496 e. The molecular formula is C15H16BFO4. The molecule has 4 nitrogen and oxygen atoms in total. The first kappa shape index (κ1) is 15.3. The molecule has 0 saturated heterocycles.